The quantitative estimate of drug-likeness (QED) is 0.0514. The molecule has 3 aromatic rings. The predicted molar refractivity (Wildman–Crippen MR) is 220 cm³/mol. The number of carbonyl (C=O) groups is 4. The Morgan fingerprint density at radius 1 is 0.614 bits per heavy atom. The molecule has 4 rings (SSSR count). The van der Waals surface area contributed by atoms with E-state index in [1.807, 2.05) is 0 Å². The predicted octanol–water partition coefficient (Wildman–Crippen LogP) is 7.09. The number of aromatic nitrogens is 1. The Kier molecular flexibility index (Phi) is 19.2. The molecule has 4 N–H and O–H groups in total. The summed E-state index contributed by atoms with van der Waals surface area (Å²) in [6, 6.07) is 12.7. The summed E-state index contributed by atoms with van der Waals surface area (Å²) in [4.78, 5) is 61.3. The van der Waals surface area contributed by atoms with Crippen molar-refractivity contribution in [3.63, 3.8) is 0 Å². The maximum absolute atomic E-state index is 14.2. The lowest BCUT2D eigenvalue weighted by Crippen LogP contribution is -2.56. The monoisotopic (exact) mass is 786 g/mol. The summed E-state index contributed by atoms with van der Waals surface area (Å²) in [6.07, 6.45) is 16.5. The summed E-state index contributed by atoms with van der Waals surface area (Å²) in [5.41, 5.74) is 2.05. The van der Waals surface area contributed by atoms with Gasteiger partial charge in [-0.2, -0.15) is 0 Å². The van der Waals surface area contributed by atoms with Gasteiger partial charge in [0.25, 0.3) is 0 Å². The molecule has 12 nitrogen and oxygen atoms in total. The number of pyridine rings is 1. The van der Waals surface area contributed by atoms with Crippen LogP contribution < -0.4 is 15.5 Å². The lowest BCUT2D eigenvalue weighted by molar-refractivity contribution is -0.148. The molecule has 0 aliphatic carbocycles. The number of rotatable bonds is 25. The number of phenolic OH excluding ortho intramolecular Hbond substituents is 2. The first-order valence-corrected chi connectivity index (χ1v) is 20.9. The number of amides is 2. The van der Waals surface area contributed by atoms with E-state index in [9.17, 15) is 29.4 Å². The fourth-order valence-electron chi connectivity index (χ4n) is 7.17. The number of nitrogens with zero attached hydrogens (tertiary/aromatic N) is 2. The van der Waals surface area contributed by atoms with Crippen LogP contribution in [-0.2, 0) is 41.5 Å². The maximum Gasteiger partial charge on any atom is 0.328 e. The van der Waals surface area contributed by atoms with Crippen molar-refractivity contribution in [3.8, 4) is 11.5 Å². The first-order chi connectivity index (χ1) is 27.7. The van der Waals surface area contributed by atoms with E-state index >= 15 is 0 Å². The van der Waals surface area contributed by atoms with Crippen LogP contribution in [0.25, 0.3) is 0 Å². The number of ether oxygens (including phenoxy) is 2. The van der Waals surface area contributed by atoms with Gasteiger partial charge in [0.1, 0.15) is 35.7 Å². The van der Waals surface area contributed by atoms with Crippen molar-refractivity contribution in [3.05, 3.63) is 84.2 Å². The molecule has 1 saturated heterocycles. The van der Waals surface area contributed by atoms with Crippen molar-refractivity contribution in [1.29, 1.82) is 0 Å². The fraction of sp³-hybridized carbons (Fsp3) is 0.533. The van der Waals surface area contributed by atoms with Crippen LogP contribution in [0.15, 0.2) is 73.1 Å². The minimum atomic E-state index is -1.01. The zero-order chi connectivity index (χ0) is 40.8. The number of hydrogen-bond donors (Lipinski definition) is 4. The molecule has 310 valence electrons. The zero-order valence-electron chi connectivity index (χ0n) is 33.7. The first-order valence-electron chi connectivity index (χ1n) is 20.9. The minimum Gasteiger partial charge on any atom is -0.508 e. The molecule has 4 atom stereocenters. The number of anilines is 1. The van der Waals surface area contributed by atoms with Gasteiger partial charge in [-0.1, -0.05) is 102 Å². The number of esters is 2. The summed E-state index contributed by atoms with van der Waals surface area (Å²) < 4.78 is 11.3. The van der Waals surface area contributed by atoms with Gasteiger partial charge in [0.15, 0.2) is 0 Å². The van der Waals surface area contributed by atoms with Gasteiger partial charge in [-0.25, -0.2) is 9.59 Å². The number of aromatic hydroxyl groups is 2. The Balaban J connectivity index is 1.49. The van der Waals surface area contributed by atoms with Crippen LogP contribution in [0.4, 0.5) is 5.69 Å². The third-order valence-electron chi connectivity index (χ3n) is 10.4. The molecule has 2 heterocycles. The van der Waals surface area contributed by atoms with Gasteiger partial charge in [-0.3, -0.25) is 14.6 Å². The van der Waals surface area contributed by atoms with E-state index < -0.39 is 47.9 Å². The molecule has 2 aromatic carbocycles. The molecule has 57 heavy (non-hydrogen) atoms. The van der Waals surface area contributed by atoms with E-state index in [-0.39, 0.29) is 37.6 Å². The number of nitrogens with one attached hydrogen (secondary N) is 2. The molecule has 0 spiro atoms. The second-order valence-electron chi connectivity index (χ2n) is 15.0. The third-order valence-corrected chi connectivity index (χ3v) is 10.4. The van der Waals surface area contributed by atoms with Crippen molar-refractivity contribution in [2.75, 3.05) is 18.1 Å². The largest absolute Gasteiger partial charge is 0.508 e. The van der Waals surface area contributed by atoms with Crippen LogP contribution in [0, 0.1) is 0 Å². The van der Waals surface area contributed by atoms with E-state index in [1.165, 1.54) is 37.1 Å². The van der Waals surface area contributed by atoms with E-state index in [4.69, 9.17) is 9.47 Å². The molecule has 1 fully saturated rings. The van der Waals surface area contributed by atoms with Gasteiger partial charge in [0.2, 0.25) is 11.8 Å². The highest BCUT2D eigenvalue weighted by atomic mass is 16.5. The second kappa shape index (κ2) is 24.5. The smallest absolute Gasteiger partial charge is 0.328 e. The maximum atomic E-state index is 14.2. The van der Waals surface area contributed by atoms with Gasteiger partial charge in [-0.05, 0) is 73.2 Å². The van der Waals surface area contributed by atoms with E-state index in [1.54, 1.807) is 53.7 Å². The lowest BCUT2D eigenvalue weighted by Gasteiger charge is -2.32. The van der Waals surface area contributed by atoms with Gasteiger partial charge in [0, 0.05) is 30.9 Å². The van der Waals surface area contributed by atoms with Crippen LogP contribution in [-0.4, -0.2) is 76.3 Å². The van der Waals surface area contributed by atoms with Gasteiger partial charge >= 0.3 is 11.9 Å². The highest BCUT2D eigenvalue weighted by molar-refractivity contribution is 5.95. The lowest BCUT2D eigenvalue weighted by atomic mass is 10.0. The topological polar surface area (TPSA) is 167 Å². The van der Waals surface area contributed by atoms with Crippen LogP contribution in [0.1, 0.15) is 115 Å². The zero-order valence-corrected chi connectivity index (χ0v) is 33.7. The third kappa shape index (κ3) is 15.0. The van der Waals surface area contributed by atoms with Gasteiger partial charge in [0.05, 0.1) is 13.2 Å². The highest BCUT2D eigenvalue weighted by Gasteiger charge is 2.43. The van der Waals surface area contributed by atoms with E-state index in [0.717, 1.165) is 75.3 Å². The average Bonchev–Trinajstić information content (AvgIpc) is 3.67. The molecular weight excluding hydrogens is 725 g/mol. The number of unbranched alkanes of at least 4 members (excludes halogenated alkanes) is 10. The van der Waals surface area contributed by atoms with Crippen molar-refractivity contribution in [1.82, 2.24) is 15.6 Å². The van der Waals surface area contributed by atoms with Crippen molar-refractivity contribution < 1.29 is 38.9 Å². The summed E-state index contributed by atoms with van der Waals surface area (Å²) >= 11 is 0. The molecule has 0 unspecified atom stereocenters. The Labute approximate surface area is 337 Å². The highest BCUT2D eigenvalue weighted by Crippen LogP contribution is 2.31. The van der Waals surface area contributed by atoms with E-state index in [0.29, 0.717) is 18.5 Å². The Morgan fingerprint density at radius 2 is 1.00 bits per heavy atom. The average molecular weight is 787 g/mol. The minimum absolute atomic E-state index is 0.0876. The van der Waals surface area contributed by atoms with Crippen LogP contribution in [0.2, 0.25) is 0 Å². The Bertz CT molecular complexity index is 1550. The van der Waals surface area contributed by atoms with E-state index in [2.05, 4.69) is 29.5 Å². The van der Waals surface area contributed by atoms with Gasteiger partial charge < -0.3 is 35.2 Å². The standard InChI is InChI=1S/C45H62N4O8/c1-3-5-7-9-11-13-29-56-44(54)38(31-33-15-19-36(50)20-16-33)47-42(52)40-23-24-41(49(40)35-25-27-46-28-26-35)43(53)48-39(32-34-17-21-37(51)22-18-34)45(55)57-30-14-12-10-8-6-4-2/h15-22,25-28,38-41,50-51H,3-14,23-24,29-32H2,1-2H3,(H,47,52)(H,48,53)/t38-,39-,40+,41+/m1/s1. The number of benzene rings is 2. The van der Waals surface area contributed by atoms with Crippen LogP contribution in [0.5, 0.6) is 11.5 Å². The normalized spacial score (nSPS) is 16.1. The molecule has 1 aromatic heterocycles. The molecule has 0 bridgehead atoms. The van der Waals surface area contributed by atoms with Crippen molar-refractivity contribution in [2.45, 2.75) is 141 Å². The Morgan fingerprint density at radius 3 is 1.40 bits per heavy atom. The second-order valence-corrected chi connectivity index (χ2v) is 15.0. The summed E-state index contributed by atoms with van der Waals surface area (Å²) in [6.45, 7) is 4.81. The molecule has 0 saturated carbocycles. The Hall–Kier alpha value is -5.13. The number of phenols is 2. The molecule has 1 aliphatic rings. The molecule has 1 aliphatic heterocycles. The summed E-state index contributed by atoms with van der Waals surface area (Å²) in [5.74, 6) is -1.81. The van der Waals surface area contributed by atoms with Crippen LogP contribution in [0.3, 0.4) is 0 Å². The molecular formula is C45H62N4O8. The fourth-order valence-corrected chi connectivity index (χ4v) is 7.17. The van der Waals surface area contributed by atoms with Gasteiger partial charge in [-0.15, -0.1) is 0 Å². The number of carbonyl (C=O) groups excluding carboxylic acids is 4. The SMILES string of the molecule is CCCCCCCCOC(=O)[C@@H](Cc1ccc(O)cc1)NC(=O)[C@@H]1CC[C@@H](C(=O)N[C@H](Cc2ccc(O)cc2)C(=O)OCCCCCCCC)N1c1ccncc1. The number of hydrogen-bond acceptors (Lipinski definition) is 10. The van der Waals surface area contributed by atoms with Crippen LogP contribution >= 0.6 is 0 Å². The molecule has 12 heteroatoms. The first kappa shape index (κ1) is 44.6. The summed E-state index contributed by atoms with van der Waals surface area (Å²) in [7, 11) is 0. The summed E-state index contributed by atoms with van der Waals surface area (Å²) in [5, 5.41) is 25.5. The molecule has 2 amide bonds. The van der Waals surface area contributed by atoms with Crippen molar-refractivity contribution in [2.24, 2.45) is 0 Å². The van der Waals surface area contributed by atoms with Crippen molar-refractivity contribution >= 4 is 29.4 Å². The molecule has 0 radical (unpaired) electrons.